The van der Waals surface area contributed by atoms with Gasteiger partial charge in [0.15, 0.2) is 5.56 Å². The van der Waals surface area contributed by atoms with Crippen LogP contribution in [0.1, 0.15) is 39.0 Å². The van der Waals surface area contributed by atoms with Crippen molar-refractivity contribution in [3.8, 4) is 0 Å². The molecule has 15 heavy (non-hydrogen) atoms. The number of hydrogen-bond acceptors (Lipinski definition) is 3. The van der Waals surface area contributed by atoms with Crippen molar-refractivity contribution in [2.45, 2.75) is 56.9 Å². The van der Waals surface area contributed by atoms with Gasteiger partial charge in [-0.05, 0) is 25.7 Å². The Hall–Kier alpha value is -0.510. The molecule has 0 bridgehead atoms. The highest BCUT2D eigenvalue weighted by molar-refractivity contribution is 6.20. The van der Waals surface area contributed by atoms with E-state index in [-0.39, 0.29) is 0 Å². The van der Waals surface area contributed by atoms with Gasteiger partial charge in [-0.3, -0.25) is 0 Å². The lowest BCUT2D eigenvalue weighted by molar-refractivity contribution is -0.0265. The van der Waals surface area contributed by atoms with E-state index in [4.69, 9.17) is 16.3 Å². The van der Waals surface area contributed by atoms with Gasteiger partial charge in [0.25, 0.3) is 0 Å². The van der Waals surface area contributed by atoms with E-state index in [0.717, 1.165) is 12.8 Å². The molecule has 1 fully saturated rings. The predicted octanol–water partition coefficient (Wildman–Crippen LogP) is 3.40. The molecule has 1 aliphatic rings. The van der Waals surface area contributed by atoms with Crippen molar-refractivity contribution in [3.05, 3.63) is 0 Å². The van der Waals surface area contributed by atoms with E-state index in [0.29, 0.717) is 19.3 Å². The second-order valence-electron chi connectivity index (χ2n) is 3.64. The van der Waals surface area contributed by atoms with Crippen molar-refractivity contribution in [2.75, 3.05) is 0 Å². The largest absolute Gasteiger partial charge is 0.510 e. The minimum Gasteiger partial charge on any atom is -0.428 e. The van der Waals surface area contributed by atoms with Gasteiger partial charge in [-0.2, -0.15) is 0 Å². The number of alkyl halides is 2. The van der Waals surface area contributed by atoms with Crippen LogP contribution in [0.25, 0.3) is 0 Å². The van der Waals surface area contributed by atoms with Crippen molar-refractivity contribution in [1.82, 2.24) is 0 Å². The van der Waals surface area contributed by atoms with Crippen LogP contribution in [0.5, 0.6) is 0 Å². The lowest BCUT2D eigenvalue weighted by Gasteiger charge is -2.25. The molecule has 0 spiro atoms. The SMILES string of the molecule is CCC(Cl)OC(=O)O[C@H]1CCCC[C@@H]1F. The summed E-state index contributed by atoms with van der Waals surface area (Å²) in [7, 11) is 0. The van der Waals surface area contributed by atoms with Gasteiger partial charge in [0.05, 0.1) is 0 Å². The maximum atomic E-state index is 13.3. The van der Waals surface area contributed by atoms with Crippen LogP contribution in [-0.4, -0.2) is 24.0 Å². The summed E-state index contributed by atoms with van der Waals surface area (Å²) in [6.07, 6.45) is 0.658. The van der Waals surface area contributed by atoms with E-state index in [1.165, 1.54) is 0 Å². The molecule has 1 aliphatic carbocycles. The van der Waals surface area contributed by atoms with Crippen LogP contribution >= 0.6 is 11.6 Å². The van der Waals surface area contributed by atoms with Gasteiger partial charge in [0.1, 0.15) is 12.3 Å². The summed E-state index contributed by atoms with van der Waals surface area (Å²) < 4.78 is 22.8. The normalized spacial score (nSPS) is 28.2. The summed E-state index contributed by atoms with van der Waals surface area (Å²) in [6, 6.07) is 0. The van der Waals surface area contributed by atoms with E-state index in [1.54, 1.807) is 6.92 Å². The highest BCUT2D eigenvalue weighted by atomic mass is 35.5. The van der Waals surface area contributed by atoms with Crippen LogP contribution in [0.15, 0.2) is 0 Å². The third-order valence-corrected chi connectivity index (χ3v) is 2.81. The van der Waals surface area contributed by atoms with Crippen LogP contribution in [0, 0.1) is 0 Å². The molecule has 3 nitrogen and oxygen atoms in total. The maximum absolute atomic E-state index is 13.3. The van der Waals surface area contributed by atoms with Crippen molar-refractivity contribution >= 4 is 17.8 Å². The molecule has 0 amide bonds. The zero-order valence-electron chi connectivity index (χ0n) is 8.75. The maximum Gasteiger partial charge on any atom is 0.510 e. The molecule has 0 N–H and O–H groups in total. The summed E-state index contributed by atoms with van der Waals surface area (Å²) in [4.78, 5) is 11.1. The van der Waals surface area contributed by atoms with Crippen molar-refractivity contribution < 1.29 is 18.7 Å². The van der Waals surface area contributed by atoms with Gasteiger partial charge in [0.2, 0.25) is 0 Å². The third kappa shape index (κ3) is 4.24. The average Bonchev–Trinajstić information content (AvgIpc) is 2.21. The van der Waals surface area contributed by atoms with Gasteiger partial charge >= 0.3 is 6.16 Å². The van der Waals surface area contributed by atoms with Crippen molar-refractivity contribution in [2.24, 2.45) is 0 Å². The molecule has 3 atom stereocenters. The van der Waals surface area contributed by atoms with Crippen LogP contribution < -0.4 is 0 Å². The van der Waals surface area contributed by atoms with Crippen LogP contribution in [0.4, 0.5) is 9.18 Å². The Labute approximate surface area is 93.9 Å². The van der Waals surface area contributed by atoms with Crippen molar-refractivity contribution in [1.29, 1.82) is 0 Å². The molecule has 1 unspecified atom stereocenters. The monoisotopic (exact) mass is 238 g/mol. The number of carbonyl (C=O) groups excluding carboxylic acids is 1. The highest BCUT2D eigenvalue weighted by Gasteiger charge is 2.29. The fraction of sp³-hybridized carbons (Fsp3) is 0.900. The zero-order chi connectivity index (χ0) is 11.3. The molecule has 0 aliphatic heterocycles. The Morgan fingerprint density at radius 2 is 2.20 bits per heavy atom. The van der Waals surface area contributed by atoms with E-state index < -0.39 is 24.0 Å². The molecular formula is C10H16ClFO3. The summed E-state index contributed by atoms with van der Waals surface area (Å²) >= 11 is 5.60. The van der Waals surface area contributed by atoms with Gasteiger partial charge in [-0.1, -0.05) is 24.9 Å². The summed E-state index contributed by atoms with van der Waals surface area (Å²) in [5.41, 5.74) is -0.695. The number of halogens is 2. The zero-order valence-corrected chi connectivity index (χ0v) is 9.50. The topological polar surface area (TPSA) is 35.5 Å². The van der Waals surface area contributed by atoms with Crippen LogP contribution in [0.2, 0.25) is 0 Å². The quantitative estimate of drug-likeness (QED) is 0.558. The fourth-order valence-electron chi connectivity index (χ4n) is 1.52. The summed E-state index contributed by atoms with van der Waals surface area (Å²) in [5, 5.41) is 0. The molecule has 0 heterocycles. The fourth-order valence-corrected chi connectivity index (χ4v) is 1.60. The Morgan fingerprint density at radius 3 is 2.80 bits per heavy atom. The highest BCUT2D eigenvalue weighted by Crippen LogP contribution is 2.24. The molecule has 5 heteroatoms. The molecule has 0 radical (unpaired) electrons. The molecule has 0 saturated heterocycles. The molecule has 0 aromatic carbocycles. The Bertz CT molecular complexity index is 213. The van der Waals surface area contributed by atoms with E-state index in [9.17, 15) is 9.18 Å². The molecule has 0 aromatic rings. The predicted molar refractivity (Wildman–Crippen MR) is 54.7 cm³/mol. The van der Waals surface area contributed by atoms with E-state index >= 15 is 0 Å². The smallest absolute Gasteiger partial charge is 0.428 e. The molecule has 1 rings (SSSR count). The lowest BCUT2D eigenvalue weighted by Crippen LogP contribution is -2.32. The molecule has 1 saturated carbocycles. The number of carbonyl (C=O) groups is 1. The Kier molecular flexibility index (Phi) is 5.15. The first kappa shape index (κ1) is 12.6. The van der Waals surface area contributed by atoms with Crippen LogP contribution in [-0.2, 0) is 9.47 Å². The summed E-state index contributed by atoms with van der Waals surface area (Å²) in [5.74, 6) is 0. The summed E-state index contributed by atoms with van der Waals surface area (Å²) in [6.45, 7) is 1.78. The molecular weight excluding hydrogens is 223 g/mol. The first-order valence-electron chi connectivity index (χ1n) is 5.29. The second-order valence-corrected chi connectivity index (χ2v) is 4.13. The molecule has 88 valence electrons. The lowest BCUT2D eigenvalue weighted by atomic mass is 9.96. The van der Waals surface area contributed by atoms with Crippen molar-refractivity contribution in [3.63, 3.8) is 0 Å². The second kappa shape index (κ2) is 6.16. The van der Waals surface area contributed by atoms with Gasteiger partial charge in [-0.15, -0.1) is 0 Å². The number of hydrogen-bond donors (Lipinski definition) is 0. The van der Waals surface area contributed by atoms with Gasteiger partial charge in [0, 0.05) is 0 Å². The van der Waals surface area contributed by atoms with Gasteiger partial charge < -0.3 is 9.47 Å². The van der Waals surface area contributed by atoms with Crippen LogP contribution in [0.3, 0.4) is 0 Å². The Morgan fingerprint density at radius 1 is 1.53 bits per heavy atom. The van der Waals surface area contributed by atoms with E-state index in [1.807, 2.05) is 0 Å². The number of rotatable bonds is 3. The van der Waals surface area contributed by atoms with E-state index in [2.05, 4.69) is 4.74 Å². The third-order valence-electron chi connectivity index (χ3n) is 2.41. The standard InChI is InChI=1S/C10H16ClFO3/c1-2-9(11)15-10(13)14-8-6-4-3-5-7(8)12/h7-9H,2-6H2,1H3/t7-,8-,9?/m0/s1. The number of ether oxygens (including phenoxy) is 2. The minimum atomic E-state index is -1.07. The first-order valence-corrected chi connectivity index (χ1v) is 5.72. The average molecular weight is 239 g/mol. The Balaban J connectivity index is 2.29. The minimum absolute atomic E-state index is 0.454. The van der Waals surface area contributed by atoms with Gasteiger partial charge in [-0.25, -0.2) is 9.18 Å². The molecule has 0 aromatic heterocycles. The first-order chi connectivity index (χ1) is 7.13.